The van der Waals surface area contributed by atoms with Crippen LogP contribution in [0.5, 0.6) is 5.75 Å². The molecule has 0 unspecified atom stereocenters. The van der Waals surface area contributed by atoms with Crippen molar-refractivity contribution in [1.29, 1.82) is 0 Å². The highest BCUT2D eigenvalue weighted by atomic mass is 32.2. The van der Waals surface area contributed by atoms with Crippen LogP contribution >= 0.6 is 0 Å². The number of halogens is 1. The van der Waals surface area contributed by atoms with Gasteiger partial charge in [-0.15, -0.1) is 5.10 Å². The molecule has 5 rings (SSSR count). The van der Waals surface area contributed by atoms with Crippen molar-refractivity contribution in [3.63, 3.8) is 0 Å². The monoisotopic (exact) mass is 485 g/mol. The van der Waals surface area contributed by atoms with Crippen molar-refractivity contribution in [2.75, 3.05) is 20.2 Å². The Morgan fingerprint density at radius 2 is 2.00 bits per heavy atom. The van der Waals surface area contributed by atoms with Crippen LogP contribution in [-0.2, 0) is 10.0 Å². The Kier molecular flexibility index (Phi) is 5.79. The summed E-state index contributed by atoms with van der Waals surface area (Å²) < 4.78 is 53.6. The third-order valence-electron chi connectivity index (χ3n) is 5.66. The summed E-state index contributed by atoms with van der Waals surface area (Å²) in [6.07, 6.45) is 2.74. The highest BCUT2D eigenvalue weighted by Crippen LogP contribution is 2.32. The fraction of sp³-hybridized carbons (Fsp3) is 0.286. The van der Waals surface area contributed by atoms with Gasteiger partial charge in [-0.05, 0) is 59.7 Å². The topological polar surface area (TPSA) is 129 Å². The highest BCUT2D eigenvalue weighted by Gasteiger charge is 2.34. The van der Waals surface area contributed by atoms with E-state index in [1.54, 1.807) is 18.2 Å². The zero-order valence-corrected chi connectivity index (χ0v) is 18.9. The number of benzene rings is 2. The zero-order valence-electron chi connectivity index (χ0n) is 18.1. The van der Waals surface area contributed by atoms with Gasteiger partial charge in [0.1, 0.15) is 23.6 Å². The van der Waals surface area contributed by atoms with Gasteiger partial charge in [-0.3, -0.25) is 0 Å². The number of sulfonamides is 1. The molecular weight excluding hydrogens is 465 g/mol. The van der Waals surface area contributed by atoms with Crippen molar-refractivity contribution in [3.05, 3.63) is 60.5 Å². The SMILES string of the molecule is COc1cc(S(=O)(=O)N2CCC[C@H](c3nc(-c4ccc(F)cc4)no3)C2)ccc1-n1cnnn1. The van der Waals surface area contributed by atoms with Crippen LogP contribution < -0.4 is 4.74 Å². The van der Waals surface area contributed by atoms with Crippen LogP contribution in [0, 0.1) is 5.82 Å². The first-order valence-corrected chi connectivity index (χ1v) is 11.9. The summed E-state index contributed by atoms with van der Waals surface area (Å²) in [6.45, 7) is 0.569. The summed E-state index contributed by atoms with van der Waals surface area (Å²) >= 11 is 0. The van der Waals surface area contributed by atoms with Crippen LogP contribution in [0.2, 0.25) is 0 Å². The number of hydrogen-bond donors (Lipinski definition) is 0. The molecule has 0 N–H and O–H groups in total. The predicted molar refractivity (Wildman–Crippen MR) is 116 cm³/mol. The molecule has 3 heterocycles. The van der Waals surface area contributed by atoms with Crippen molar-refractivity contribution in [1.82, 2.24) is 34.7 Å². The molecule has 0 saturated carbocycles. The smallest absolute Gasteiger partial charge is 0.243 e. The van der Waals surface area contributed by atoms with Crippen LogP contribution in [0.15, 0.2) is 58.2 Å². The Balaban J connectivity index is 1.38. The van der Waals surface area contributed by atoms with Crippen LogP contribution in [0.3, 0.4) is 0 Å². The fourth-order valence-corrected chi connectivity index (χ4v) is 5.45. The maximum Gasteiger partial charge on any atom is 0.243 e. The molecule has 0 spiro atoms. The molecule has 34 heavy (non-hydrogen) atoms. The Bertz CT molecular complexity index is 1390. The summed E-state index contributed by atoms with van der Waals surface area (Å²) in [5.74, 6) is 0.391. The average Bonchev–Trinajstić information content (AvgIpc) is 3.57. The summed E-state index contributed by atoms with van der Waals surface area (Å²) in [5.41, 5.74) is 1.13. The number of nitrogens with zero attached hydrogens (tertiary/aromatic N) is 7. The molecule has 4 aromatic rings. The zero-order chi connectivity index (χ0) is 23.7. The second kappa shape index (κ2) is 8.91. The fourth-order valence-electron chi connectivity index (χ4n) is 3.91. The number of rotatable bonds is 6. The molecule has 1 aliphatic rings. The minimum Gasteiger partial charge on any atom is -0.494 e. The van der Waals surface area contributed by atoms with Gasteiger partial charge in [0.15, 0.2) is 0 Å². The minimum absolute atomic E-state index is 0.0966. The molecule has 176 valence electrons. The number of ether oxygens (including phenoxy) is 1. The lowest BCUT2D eigenvalue weighted by Crippen LogP contribution is -2.39. The third kappa shape index (κ3) is 4.15. The number of piperidine rings is 1. The maximum atomic E-state index is 13.4. The first kappa shape index (κ1) is 22.1. The Hall–Kier alpha value is -3.71. The van der Waals surface area contributed by atoms with Gasteiger partial charge in [0, 0.05) is 24.7 Å². The Labute approximate surface area is 194 Å². The first-order valence-electron chi connectivity index (χ1n) is 10.5. The van der Waals surface area contributed by atoms with Crippen LogP contribution in [0.25, 0.3) is 17.1 Å². The summed E-state index contributed by atoms with van der Waals surface area (Å²) in [4.78, 5) is 4.52. The number of methoxy groups -OCH3 is 1. The van der Waals surface area contributed by atoms with E-state index >= 15 is 0 Å². The maximum absolute atomic E-state index is 13.4. The molecule has 1 atom stereocenters. The van der Waals surface area contributed by atoms with E-state index in [1.807, 2.05) is 0 Å². The van der Waals surface area contributed by atoms with E-state index in [9.17, 15) is 12.8 Å². The molecule has 0 radical (unpaired) electrons. The van der Waals surface area contributed by atoms with Gasteiger partial charge in [-0.1, -0.05) is 5.16 Å². The Morgan fingerprint density at radius 3 is 2.74 bits per heavy atom. The van der Waals surface area contributed by atoms with Crippen LogP contribution in [-0.4, -0.2) is 63.3 Å². The molecule has 1 aliphatic heterocycles. The van der Waals surface area contributed by atoms with Crippen molar-refractivity contribution in [2.45, 2.75) is 23.7 Å². The van der Waals surface area contributed by atoms with Crippen LogP contribution in [0.1, 0.15) is 24.7 Å². The third-order valence-corrected chi connectivity index (χ3v) is 7.52. The van der Waals surface area contributed by atoms with Gasteiger partial charge in [-0.25, -0.2) is 12.8 Å². The van der Waals surface area contributed by atoms with E-state index in [-0.39, 0.29) is 23.2 Å². The molecule has 0 amide bonds. The standard InChI is InChI=1S/C21H20FN7O4S/c1-32-19-11-17(8-9-18(19)29-13-23-26-27-29)34(30,31)28-10-2-3-15(12-28)21-24-20(25-33-21)14-4-6-16(22)7-5-14/h4-9,11,13,15H,2-3,10,12H2,1H3/t15-/m0/s1. The summed E-state index contributed by atoms with van der Waals surface area (Å²) in [6, 6.07) is 10.3. The lowest BCUT2D eigenvalue weighted by atomic mass is 10.00. The number of aromatic nitrogens is 6. The van der Waals surface area contributed by atoms with Gasteiger partial charge < -0.3 is 9.26 Å². The van der Waals surface area contributed by atoms with E-state index in [0.29, 0.717) is 48.1 Å². The molecule has 1 saturated heterocycles. The molecule has 0 bridgehead atoms. The molecule has 13 heteroatoms. The summed E-state index contributed by atoms with van der Waals surface area (Å²) in [7, 11) is -2.36. The van der Waals surface area contributed by atoms with Crippen molar-refractivity contribution >= 4 is 10.0 Å². The lowest BCUT2D eigenvalue weighted by Gasteiger charge is -2.30. The van der Waals surface area contributed by atoms with E-state index in [2.05, 4.69) is 25.7 Å². The van der Waals surface area contributed by atoms with Crippen molar-refractivity contribution in [2.24, 2.45) is 0 Å². The first-order chi connectivity index (χ1) is 16.5. The molecular formula is C21H20FN7O4S. The minimum atomic E-state index is -3.81. The second-order valence-corrected chi connectivity index (χ2v) is 9.69. The number of hydrogen-bond acceptors (Lipinski definition) is 9. The van der Waals surface area contributed by atoms with E-state index in [1.165, 1.54) is 46.7 Å². The number of tetrazole rings is 1. The Morgan fingerprint density at radius 1 is 1.18 bits per heavy atom. The van der Waals surface area contributed by atoms with Gasteiger partial charge >= 0.3 is 0 Å². The second-order valence-electron chi connectivity index (χ2n) is 7.75. The molecule has 2 aromatic carbocycles. The molecule has 11 nitrogen and oxygen atoms in total. The van der Waals surface area contributed by atoms with Gasteiger partial charge in [0.2, 0.25) is 21.7 Å². The van der Waals surface area contributed by atoms with Crippen LogP contribution in [0.4, 0.5) is 4.39 Å². The molecule has 0 aliphatic carbocycles. The largest absolute Gasteiger partial charge is 0.494 e. The van der Waals surface area contributed by atoms with Gasteiger partial charge in [0.25, 0.3) is 0 Å². The molecule has 2 aromatic heterocycles. The molecule has 1 fully saturated rings. The van der Waals surface area contributed by atoms with Crippen molar-refractivity contribution in [3.8, 4) is 22.8 Å². The van der Waals surface area contributed by atoms with Gasteiger partial charge in [0.05, 0.1) is 17.9 Å². The summed E-state index contributed by atoms with van der Waals surface area (Å²) in [5, 5.41) is 15.0. The highest BCUT2D eigenvalue weighted by molar-refractivity contribution is 7.89. The van der Waals surface area contributed by atoms with E-state index in [0.717, 1.165) is 0 Å². The van der Waals surface area contributed by atoms with E-state index < -0.39 is 10.0 Å². The van der Waals surface area contributed by atoms with E-state index in [4.69, 9.17) is 9.26 Å². The normalized spacial score (nSPS) is 17.1. The van der Waals surface area contributed by atoms with Crippen molar-refractivity contribution < 1.29 is 22.1 Å². The predicted octanol–water partition coefficient (Wildman–Crippen LogP) is 2.43. The quantitative estimate of drug-likeness (QED) is 0.404. The van der Waals surface area contributed by atoms with Gasteiger partial charge in [-0.2, -0.15) is 14.0 Å². The lowest BCUT2D eigenvalue weighted by molar-refractivity contribution is 0.265. The average molecular weight is 486 g/mol.